The van der Waals surface area contributed by atoms with Gasteiger partial charge in [-0.2, -0.15) is 0 Å². The Kier molecular flexibility index (Phi) is 4.55. The van der Waals surface area contributed by atoms with Gasteiger partial charge in [0.25, 0.3) is 0 Å². The van der Waals surface area contributed by atoms with E-state index in [9.17, 15) is 0 Å². The van der Waals surface area contributed by atoms with E-state index in [-0.39, 0.29) is 0 Å². The van der Waals surface area contributed by atoms with Gasteiger partial charge in [-0.15, -0.1) is 0 Å². The minimum Gasteiger partial charge on any atom is -0.0622 e. The second-order valence-electron chi connectivity index (χ2n) is 8.22. The quantitative estimate of drug-likeness (QED) is 0.257. The van der Waals surface area contributed by atoms with Crippen LogP contribution in [0.5, 0.6) is 0 Å². The van der Waals surface area contributed by atoms with E-state index in [4.69, 9.17) is 0 Å². The number of hydrogen-bond donors (Lipinski definition) is 0. The highest BCUT2D eigenvalue weighted by Crippen LogP contribution is 2.38. The van der Waals surface area contributed by atoms with Crippen LogP contribution in [0.15, 0.2) is 133 Å². The fraction of sp³-hybridized carbons (Fsp3) is 0. The second kappa shape index (κ2) is 7.83. The molecule has 32 heavy (non-hydrogen) atoms. The van der Waals surface area contributed by atoms with Gasteiger partial charge in [0.15, 0.2) is 0 Å². The molecule has 0 aliphatic rings. The highest BCUT2D eigenvalue weighted by molar-refractivity contribution is 6.13. The molecular weight excluding hydrogens is 384 g/mol. The Morgan fingerprint density at radius 3 is 1.50 bits per heavy atom. The highest BCUT2D eigenvalue weighted by atomic mass is 14.1. The van der Waals surface area contributed by atoms with Crippen molar-refractivity contribution in [1.82, 2.24) is 0 Å². The zero-order valence-electron chi connectivity index (χ0n) is 17.7. The van der Waals surface area contributed by atoms with Crippen LogP contribution in [0.3, 0.4) is 0 Å². The zero-order valence-corrected chi connectivity index (χ0v) is 17.7. The SMILES string of the molecule is c1ccc(-c2ccc(-c3c4ccccc4cc4ccc(-c5ccccc5)cc34)cc2)cc1. The average molecular weight is 407 g/mol. The van der Waals surface area contributed by atoms with Crippen molar-refractivity contribution in [1.29, 1.82) is 0 Å². The van der Waals surface area contributed by atoms with Gasteiger partial charge in [0.2, 0.25) is 0 Å². The summed E-state index contributed by atoms with van der Waals surface area (Å²) in [5.41, 5.74) is 7.52. The molecule has 0 N–H and O–H groups in total. The molecule has 6 aromatic carbocycles. The van der Waals surface area contributed by atoms with Crippen LogP contribution in [-0.4, -0.2) is 0 Å². The monoisotopic (exact) mass is 406 g/mol. The summed E-state index contributed by atoms with van der Waals surface area (Å²) in [5, 5.41) is 5.12. The molecule has 0 heteroatoms. The lowest BCUT2D eigenvalue weighted by Gasteiger charge is -2.14. The molecule has 0 unspecified atom stereocenters. The first-order valence-corrected chi connectivity index (χ1v) is 11.0. The summed E-state index contributed by atoms with van der Waals surface area (Å²) >= 11 is 0. The Hall–Kier alpha value is -4.16. The van der Waals surface area contributed by atoms with Crippen LogP contribution in [-0.2, 0) is 0 Å². The molecule has 0 fully saturated rings. The third kappa shape index (κ3) is 3.27. The molecule has 0 radical (unpaired) electrons. The van der Waals surface area contributed by atoms with Crippen molar-refractivity contribution in [3.63, 3.8) is 0 Å². The van der Waals surface area contributed by atoms with E-state index in [1.54, 1.807) is 0 Å². The van der Waals surface area contributed by atoms with Gasteiger partial charge in [0.05, 0.1) is 0 Å². The molecule has 150 valence electrons. The molecule has 0 heterocycles. The van der Waals surface area contributed by atoms with Crippen LogP contribution < -0.4 is 0 Å². The largest absolute Gasteiger partial charge is 0.0622 e. The summed E-state index contributed by atoms with van der Waals surface area (Å²) < 4.78 is 0. The molecule has 0 aromatic heterocycles. The van der Waals surface area contributed by atoms with Crippen molar-refractivity contribution in [2.24, 2.45) is 0 Å². The van der Waals surface area contributed by atoms with Crippen LogP contribution in [0.2, 0.25) is 0 Å². The van der Waals surface area contributed by atoms with Gasteiger partial charge in [0.1, 0.15) is 0 Å². The molecular formula is C32H22. The first-order valence-electron chi connectivity index (χ1n) is 11.0. The van der Waals surface area contributed by atoms with Crippen LogP contribution in [0.1, 0.15) is 0 Å². The lowest BCUT2D eigenvalue weighted by atomic mass is 9.89. The van der Waals surface area contributed by atoms with Crippen molar-refractivity contribution in [2.45, 2.75) is 0 Å². The summed E-state index contributed by atoms with van der Waals surface area (Å²) in [4.78, 5) is 0. The number of rotatable bonds is 3. The molecule has 0 saturated carbocycles. The van der Waals surface area contributed by atoms with Crippen LogP contribution in [0, 0.1) is 0 Å². The van der Waals surface area contributed by atoms with Gasteiger partial charge < -0.3 is 0 Å². The standard InChI is InChI=1S/C32H22/c1-3-9-23(10-4-1)25-15-17-26(18-16-25)32-30-14-8-7-13-28(30)21-29-20-19-27(22-31(29)32)24-11-5-2-6-12-24/h1-22H. The Bertz CT molecular complexity index is 1530. The highest BCUT2D eigenvalue weighted by Gasteiger charge is 2.11. The predicted octanol–water partition coefficient (Wildman–Crippen LogP) is 8.99. The average Bonchev–Trinajstić information content (AvgIpc) is 2.88. The topological polar surface area (TPSA) is 0 Å². The molecule has 0 amide bonds. The third-order valence-corrected chi connectivity index (χ3v) is 6.25. The maximum absolute atomic E-state index is 2.34. The lowest BCUT2D eigenvalue weighted by molar-refractivity contribution is 1.61. The number of benzene rings is 6. The van der Waals surface area contributed by atoms with Gasteiger partial charge in [-0.05, 0) is 67.1 Å². The summed E-state index contributed by atoms with van der Waals surface area (Å²) in [7, 11) is 0. The van der Waals surface area contributed by atoms with E-state index in [0.29, 0.717) is 0 Å². The van der Waals surface area contributed by atoms with Gasteiger partial charge in [-0.25, -0.2) is 0 Å². The molecule has 0 saturated heterocycles. The molecule has 0 nitrogen and oxygen atoms in total. The summed E-state index contributed by atoms with van der Waals surface area (Å²) in [5.74, 6) is 0. The summed E-state index contributed by atoms with van der Waals surface area (Å²) in [6, 6.07) is 48.0. The van der Waals surface area contributed by atoms with Crippen molar-refractivity contribution < 1.29 is 0 Å². The van der Waals surface area contributed by atoms with Crippen molar-refractivity contribution >= 4 is 21.5 Å². The van der Waals surface area contributed by atoms with E-state index < -0.39 is 0 Å². The normalized spacial score (nSPS) is 11.1. The zero-order chi connectivity index (χ0) is 21.3. The first-order chi connectivity index (χ1) is 15.9. The molecule has 0 bridgehead atoms. The minimum atomic E-state index is 1.24. The minimum absolute atomic E-state index is 1.24. The van der Waals surface area contributed by atoms with E-state index in [1.165, 1.54) is 54.9 Å². The Morgan fingerprint density at radius 2 is 0.781 bits per heavy atom. The fourth-order valence-electron chi connectivity index (χ4n) is 4.64. The van der Waals surface area contributed by atoms with Crippen LogP contribution in [0.25, 0.3) is 54.9 Å². The number of hydrogen-bond acceptors (Lipinski definition) is 0. The molecule has 6 rings (SSSR count). The van der Waals surface area contributed by atoms with Gasteiger partial charge >= 0.3 is 0 Å². The Labute approximate surface area is 188 Å². The van der Waals surface area contributed by atoms with E-state index in [1.807, 2.05) is 0 Å². The fourth-order valence-corrected chi connectivity index (χ4v) is 4.64. The van der Waals surface area contributed by atoms with Crippen LogP contribution >= 0.6 is 0 Å². The lowest BCUT2D eigenvalue weighted by Crippen LogP contribution is -1.87. The second-order valence-corrected chi connectivity index (χ2v) is 8.22. The van der Waals surface area contributed by atoms with Gasteiger partial charge in [-0.1, -0.05) is 121 Å². The predicted molar refractivity (Wildman–Crippen MR) is 138 cm³/mol. The molecule has 0 aliphatic carbocycles. The molecule has 0 aliphatic heterocycles. The van der Waals surface area contributed by atoms with E-state index in [2.05, 4.69) is 133 Å². The maximum atomic E-state index is 2.34. The van der Waals surface area contributed by atoms with Gasteiger partial charge in [-0.3, -0.25) is 0 Å². The molecule has 0 atom stereocenters. The number of fused-ring (bicyclic) bond motifs is 2. The summed E-state index contributed by atoms with van der Waals surface area (Å²) in [6.45, 7) is 0. The maximum Gasteiger partial charge on any atom is -0.00266 e. The van der Waals surface area contributed by atoms with Crippen LogP contribution in [0.4, 0.5) is 0 Å². The van der Waals surface area contributed by atoms with Gasteiger partial charge in [0, 0.05) is 0 Å². The van der Waals surface area contributed by atoms with E-state index >= 15 is 0 Å². The van der Waals surface area contributed by atoms with Crippen molar-refractivity contribution in [2.75, 3.05) is 0 Å². The van der Waals surface area contributed by atoms with E-state index in [0.717, 1.165) is 0 Å². The molecule has 6 aromatic rings. The van der Waals surface area contributed by atoms with Crippen molar-refractivity contribution in [3.05, 3.63) is 133 Å². The Morgan fingerprint density at radius 1 is 0.281 bits per heavy atom. The molecule has 0 spiro atoms. The first kappa shape index (κ1) is 18.6. The Balaban J connectivity index is 1.59. The summed E-state index contributed by atoms with van der Waals surface area (Å²) in [6.07, 6.45) is 0. The third-order valence-electron chi connectivity index (χ3n) is 6.25. The van der Waals surface area contributed by atoms with Crippen molar-refractivity contribution in [3.8, 4) is 33.4 Å². The smallest absolute Gasteiger partial charge is 0.00266 e.